The summed E-state index contributed by atoms with van der Waals surface area (Å²) in [6, 6.07) is 4.74. The van der Waals surface area contributed by atoms with E-state index in [1.807, 2.05) is 17.9 Å². The van der Waals surface area contributed by atoms with Crippen LogP contribution in [0.3, 0.4) is 0 Å². The summed E-state index contributed by atoms with van der Waals surface area (Å²) < 4.78 is 25.8. The summed E-state index contributed by atoms with van der Waals surface area (Å²) in [5, 5.41) is 10.2. The number of carbonyl (C=O) groups excluding carboxylic acids is 2. The lowest BCUT2D eigenvalue weighted by Gasteiger charge is -2.38. The van der Waals surface area contributed by atoms with Crippen LogP contribution in [-0.2, 0) is 9.47 Å². The number of anilines is 1. The number of hydrogen-bond acceptors (Lipinski definition) is 9. The van der Waals surface area contributed by atoms with Crippen LogP contribution in [-0.4, -0.2) is 59.1 Å². The largest absolute Gasteiger partial charge is 0.462 e. The molecule has 0 aliphatic carbocycles. The predicted molar refractivity (Wildman–Crippen MR) is 141 cm³/mol. The molecule has 0 aromatic carbocycles. The van der Waals surface area contributed by atoms with Crippen molar-refractivity contribution in [2.75, 3.05) is 31.2 Å². The molecule has 1 N–H and O–H groups in total. The fourth-order valence-electron chi connectivity index (χ4n) is 4.53. The van der Waals surface area contributed by atoms with Gasteiger partial charge < -0.3 is 19.4 Å². The highest BCUT2D eigenvalue weighted by Gasteiger charge is 2.35. The number of ether oxygens (including phenoxy) is 2. The van der Waals surface area contributed by atoms with E-state index in [9.17, 15) is 19.2 Å². The number of thiazole rings is 1. The fraction of sp³-hybridized carbons (Fsp3) is 0.423. The van der Waals surface area contributed by atoms with Crippen LogP contribution in [0.2, 0.25) is 5.02 Å². The monoisotopic (exact) mass is 559 g/mol. The van der Waals surface area contributed by atoms with Gasteiger partial charge in [-0.25, -0.2) is 14.2 Å². The van der Waals surface area contributed by atoms with E-state index in [1.54, 1.807) is 13.8 Å². The summed E-state index contributed by atoms with van der Waals surface area (Å²) in [5.41, 5.74) is 1.06. The van der Waals surface area contributed by atoms with Gasteiger partial charge in [-0.3, -0.25) is 9.78 Å². The molecule has 1 aliphatic rings. The number of Topliss-reactive ketones (excluding diaryl/α,β-unsaturated/α-hetero) is 1. The first kappa shape index (κ1) is 27.7. The minimum Gasteiger partial charge on any atom is -0.462 e. The van der Waals surface area contributed by atoms with Crippen molar-refractivity contribution in [3.05, 3.63) is 51.0 Å². The van der Waals surface area contributed by atoms with E-state index in [-0.39, 0.29) is 63.4 Å². The summed E-state index contributed by atoms with van der Waals surface area (Å²) in [4.78, 5) is 39.6. The molecule has 1 fully saturated rings. The normalized spacial score (nSPS) is 17.3. The number of aryl methyl sites for hydroxylation is 1. The van der Waals surface area contributed by atoms with Crippen molar-refractivity contribution in [1.29, 1.82) is 5.26 Å². The maximum Gasteiger partial charge on any atom is 0.350 e. The van der Waals surface area contributed by atoms with E-state index in [1.165, 1.54) is 18.3 Å². The molecular formula is C26H27ClFN5O4S. The first-order valence-corrected chi connectivity index (χ1v) is 13.4. The minimum absolute atomic E-state index is 0.0203. The molecule has 0 saturated carbocycles. The standard InChI is InChI=1S/C26H27ClFN5O4S/c1-4-36-19-13-33(10-8-15(19)11-18(34)21-16(12-29)20(27)14(3)31-21)26-32-23(22-17(28)7-6-9-30-22)24(38-26)25(35)37-5-2/h6-7,9,15,19,31H,4-5,8,10-11,13H2,1-3H3/t15-,19-/m0/s1. The Bertz CT molecular complexity index is 1380. The SMILES string of the molecule is CCOC(=O)c1sc(N2CC[C@@H](CC(=O)c3[nH]c(C)c(Cl)c3C#N)[C@@H](OCC)C2)nc1-c1ncccc1F. The number of nitrogens with one attached hydrogen (secondary N) is 1. The molecule has 12 heteroatoms. The Morgan fingerprint density at radius 3 is 2.82 bits per heavy atom. The van der Waals surface area contributed by atoms with Crippen LogP contribution in [0.5, 0.6) is 0 Å². The number of piperidine rings is 1. The van der Waals surface area contributed by atoms with Crippen LogP contribution in [0, 0.1) is 30.0 Å². The van der Waals surface area contributed by atoms with Gasteiger partial charge in [0.2, 0.25) is 0 Å². The van der Waals surface area contributed by atoms with E-state index in [2.05, 4.69) is 15.0 Å². The molecule has 4 rings (SSSR count). The van der Waals surface area contributed by atoms with Gasteiger partial charge in [-0.05, 0) is 45.2 Å². The molecule has 9 nitrogen and oxygen atoms in total. The molecule has 200 valence electrons. The van der Waals surface area contributed by atoms with Crippen LogP contribution in [0.15, 0.2) is 18.3 Å². The van der Waals surface area contributed by atoms with Crippen LogP contribution >= 0.6 is 22.9 Å². The molecule has 0 radical (unpaired) electrons. The van der Waals surface area contributed by atoms with E-state index < -0.39 is 11.8 Å². The van der Waals surface area contributed by atoms with Gasteiger partial charge in [0.25, 0.3) is 0 Å². The highest BCUT2D eigenvalue weighted by molar-refractivity contribution is 7.17. The van der Waals surface area contributed by atoms with Gasteiger partial charge in [-0.2, -0.15) is 5.26 Å². The van der Waals surface area contributed by atoms with Gasteiger partial charge in [-0.1, -0.05) is 22.9 Å². The van der Waals surface area contributed by atoms with Crippen LogP contribution in [0.4, 0.5) is 9.52 Å². The molecule has 3 aromatic rings. The average molecular weight is 560 g/mol. The van der Waals surface area contributed by atoms with E-state index >= 15 is 0 Å². The minimum atomic E-state index is -0.591. The first-order valence-electron chi connectivity index (χ1n) is 12.3. The van der Waals surface area contributed by atoms with Crippen molar-refractivity contribution in [3.63, 3.8) is 0 Å². The zero-order valence-corrected chi connectivity index (χ0v) is 22.8. The highest BCUT2D eigenvalue weighted by atomic mass is 35.5. The molecule has 2 atom stereocenters. The van der Waals surface area contributed by atoms with Crippen molar-refractivity contribution in [3.8, 4) is 17.5 Å². The molecule has 0 spiro atoms. The number of pyridine rings is 1. The number of hydrogen-bond donors (Lipinski definition) is 1. The zero-order chi connectivity index (χ0) is 27.4. The average Bonchev–Trinajstić information content (AvgIpc) is 3.47. The van der Waals surface area contributed by atoms with Gasteiger partial charge in [0.05, 0.1) is 23.3 Å². The van der Waals surface area contributed by atoms with Crippen molar-refractivity contribution in [2.45, 2.75) is 39.7 Å². The number of esters is 1. The first-order chi connectivity index (χ1) is 18.3. The summed E-state index contributed by atoms with van der Waals surface area (Å²) in [7, 11) is 0. The predicted octanol–water partition coefficient (Wildman–Crippen LogP) is 5.19. The van der Waals surface area contributed by atoms with Gasteiger partial charge in [0.1, 0.15) is 28.0 Å². The fourth-order valence-corrected chi connectivity index (χ4v) is 5.71. The third-order valence-corrected chi connectivity index (χ3v) is 7.92. The van der Waals surface area contributed by atoms with Crippen molar-refractivity contribution in [2.24, 2.45) is 5.92 Å². The third-order valence-electron chi connectivity index (χ3n) is 6.36. The second-order valence-electron chi connectivity index (χ2n) is 8.77. The maximum atomic E-state index is 14.6. The molecular weight excluding hydrogens is 533 g/mol. The summed E-state index contributed by atoms with van der Waals surface area (Å²) >= 11 is 7.29. The smallest absolute Gasteiger partial charge is 0.350 e. The number of nitriles is 1. The second kappa shape index (κ2) is 12.0. The lowest BCUT2D eigenvalue weighted by Crippen LogP contribution is -2.46. The van der Waals surface area contributed by atoms with Gasteiger partial charge >= 0.3 is 5.97 Å². The van der Waals surface area contributed by atoms with Crippen LogP contribution in [0.1, 0.15) is 58.1 Å². The number of nitrogens with zero attached hydrogens (tertiary/aromatic N) is 4. The van der Waals surface area contributed by atoms with Crippen LogP contribution < -0.4 is 4.90 Å². The number of aromatic amines is 1. The number of H-pyrrole nitrogens is 1. The second-order valence-corrected chi connectivity index (χ2v) is 10.1. The van der Waals surface area contributed by atoms with E-state index in [0.29, 0.717) is 36.9 Å². The van der Waals surface area contributed by atoms with Crippen LogP contribution in [0.25, 0.3) is 11.4 Å². The summed E-state index contributed by atoms with van der Waals surface area (Å²) in [6.07, 6.45) is 1.92. The van der Waals surface area contributed by atoms with E-state index in [4.69, 9.17) is 21.1 Å². The topological polar surface area (TPSA) is 121 Å². The lowest BCUT2D eigenvalue weighted by atomic mass is 9.88. The number of rotatable bonds is 9. The number of ketones is 1. The molecule has 0 unspecified atom stereocenters. The van der Waals surface area contributed by atoms with Crippen molar-refractivity contribution < 1.29 is 23.5 Å². The third kappa shape index (κ3) is 5.57. The summed E-state index contributed by atoms with van der Waals surface area (Å²) in [6.45, 7) is 6.85. The molecule has 0 amide bonds. The van der Waals surface area contributed by atoms with Gasteiger partial charge in [0, 0.05) is 38.0 Å². The van der Waals surface area contributed by atoms with Gasteiger partial charge in [0.15, 0.2) is 16.7 Å². The number of carbonyl (C=O) groups is 2. The Morgan fingerprint density at radius 1 is 1.34 bits per heavy atom. The quantitative estimate of drug-likeness (QED) is 0.281. The Balaban J connectivity index is 1.58. The molecule has 3 aromatic heterocycles. The Labute approximate surface area is 228 Å². The molecule has 0 bridgehead atoms. The maximum absolute atomic E-state index is 14.6. The lowest BCUT2D eigenvalue weighted by molar-refractivity contribution is 0.0103. The Kier molecular flexibility index (Phi) is 8.76. The Hall–Kier alpha value is -3.33. The van der Waals surface area contributed by atoms with Crippen molar-refractivity contribution >= 4 is 39.8 Å². The molecule has 4 heterocycles. The van der Waals surface area contributed by atoms with Gasteiger partial charge in [-0.15, -0.1) is 0 Å². The molecule has 38 heavy (non-hydrogen) atoms. The zero-order valence-electron chi connectivity index (χ0n) is 21.2. The van der Waals surface area contributed by atoms with E-state index in [0.717, 1.165) is 11.3 Å². The highest BCUT2D eigenvalue weighted by Crippen LogP contribution is 2.37. The summed E-state index contributed by atoms with van der Waals surface area (Å²) in [5.74, 6) is -1.49. The molecule has 1 aliphatic heterocycles. The van der Waals surface area contributed by atoms with Crippen molar-refractivity contribution in [1.82, 2.24) is 15.0 Å². The molecule has 1 saturated heterocycles. The number of aromatic nitrogens is 3. The number of halogens is 2. The Morgan fingerprint density at radius 2 is 2.13 bits per heavy atom.